The molecule has 0 spiro atoms. The predicted molar refractivity (Wildman–Crippen MR) is 86.8 cm³/mol. The van der Waals surface area contributed by atoms with Crippen molar-refractivity contribution in [3.63, 3.8) is 0 Å². The number of likely N-dealkylation sites (tertiary alicyclic amines) is 1. The van der Waals surface area contributed by atoms with Gasteiger partial charge in [-0.1, -0.05) is 0 Å². The Morgan fingerprint density at radius 2 is 1.86 bits per heavy atom. The summed E-state index contributed by atoms with van der Waals surface area (Å²) < 4.78 is 5.12. The van der Waals surface area contributed by atoms with Crippen LogP contribution in [0, 0.1) is 5.92 Å². The number of rotatable bonds is 5. The summed E-state index contributed by atoms with van der Waals surface area (Å²) in [7, 11) is 1.63. The average Bonchev–Trinajstić information content (AvgIpc) is 2.55. The van der Waals surface area contributed by atoms with Crippen LogP contribution in [0.3, 0.4) is 0 Å². The van der Waals surface area contributed by atoms with Gasteiger partial charge in [-0.05, 0) is 44.0 Å². The van der Waals surface area contributed by atoms with E-state index in [1.165, 1.54) is 11.8 Å². The summed E-state index contributed by atoms with van der Waals surface area (Å²) >= 11 is 1.53. The van der Waals surface area contributed by atoms with E-state index in [4.69, 9.17) is 10.5 Å². The van der Waals surface area contributed by atoms with Crippen molar-refractivity contribution < 1.29 is 14.3 Å². The molecule has 1 aromatic rings. The summed E-state index contributed by atoms with van der Waals surface area (Å²) in [6, 6.07) is 7.68. The minimum atomic E-state index is -0.257. The zero-order chi connectivity index (χ0) is 16.1. The second-order valence-corrected chi connectivity index (χ2v) is 6.85. The second kappa shape index (κ2) is 7.54. The largest absolute Gasteiger partial charge is 0.497 e. The van der Waals surface area contributed by atoms with Crippen molar-refractivity contribution in [3.05, 3.63) is 24.3 Å². The molecule has 5 nitrogen and oxygen atoms in total. The van der Waals surface area contributed by atoms with Gasteiger partial charge in [0, 0.05) is 23.9 Å². The number of ether oxygens (including phenoxy) is 1. The molecule has 2 amide bonds. The number of methoxy groups -OCH3 is 1. The Hall–Kier alpha value is -1.69. The van der Waals surface area contributed by atoms with Crippen molar-refractivity contribution in [1.29, 1.82) is 0 Å². The van der Waals surface area contributed by atoms with Crippen molar-refractivity contribution in [2.45, 2.75) is 29.9 Å². The van der Waals surface area contributed by atoms with Crippen LogP contribution in [0.2, 0.25) is 0 Å². The van der Waals surface area contributed by atoms with E-state index in [1.807, 2.05) is 36.1 Å². The number of carbonyl (C=O) groups is 2. The van der Waals surface area contributed by atoms with Gasteiger partial charge in [0.15, 0.2) is 0 Å². The Morgan fingerprint density at radius 1 is 1.27 bits per heavy atom. The molecule has 1 unspecified atom stereocenters. The lowest BCUT2D eigenvalue weighted by molar-refractivity contribution is -0.134. The van der Waals surface area contributed by atoms with Crippen LogP contribution >= 0.6 is 11.8 Å². The number of nitrogens with two attached hydrogens (primary N) is 1. The van der Waals surface area contributed by atoms with Gasteiger partial charge in [0.2, 0.25) is 11.8 Å². The molecule has 1 atom stereocenters. The topological polar surface area (TPSA) is 72.6 Å². The van der Waals surface area contributed by atoms with Gasteiger partial charge < -0.3 is 15.4 Å². The Bertz CT molecular complexity index is 525. The maximum absolute atomic E-state index is 12.5. The summed E-state index contributed by atoms with van der Waals surface area (Å²) in [5.74, 6) is 0.571. The molecule has 22 heavy (non-hydrogen) atoms. The van der Waals surface area contributed by atoms with Crippen molar-refractivity contribution in [2.24, 2.45) is 11.7 Å². The van der Waals surface area contributed by atoms with Gasteiger partial charge in [-0.25, -0.2) is 0 Å². The summed E-state index contributed by atoms with van der Waals surface area (Å²) in [5, 5.41) is -0.154. The molecule has 120 valence electrons. The van der Waals surface area contributed by atoms with Crippen LogP contribution in [0.4, 0.5) is 0 Å². The van der Waals surface area contributed by atoms with E-state index in [-0.39, 0.29) is 23.0 Å². The quantitative estimate of drug-likeness (QED) is 0.840. The molecular formula is C16H22N2O3S. The highest BCUT2D eigenvalue weighted by molar-refractivity contribution is 8.00. The number of hydrogen-bond acceptors (Lipinski definition) is 4. The molecule has 0 aromatic heterocycles. The average molecular weight is 322 g/mol. The minimum Gasteiger partial charge on any atom is -0.497 e. The first-order valence-electron chi connectivity index (χ1n) is 7.40. The van der Waals surface area contributed by atoms with Crippen LogP contribution < -0.4 is 10.5 Å². The van der Waals surface area contributed by atoms with Crippen LogP contribution in [-0.2, 0) is 9.59 Å². The smallest absolute Gasteiger partial charge is 0.235 e. The van der Waals surface area contributed by atoms with Crippen LogP contribution in [0.15, 0.2) is 29.2 Å². The second-order valence-electron chi connectivity index (χ2n) is 5.44. The molecule has 6 heteroatoms. The molecule has 2 N–H and O–H groups in total. The first-order valence-corrected chi connectivity index (χ1v) is 8.28. The molecule has 0 bridgehead atoms. The molecule has 2 rings (SSSR count). The normalized spacial score (nSPS) is 17.1. The van der Waals surface area contributed by atoms with Crippen LogP contribution in [0.1, 0.15) is 19.8 Å². The fraction of sp³-hybridized carbons (Fsp3) is 0.500. The van der Waals surface area contributed by atoms with E-state index >= 15 is 0 Å². The lowest BCUT2D eigenvalue weighted by atomic mass is 9.96. The molecular weight excluding hydrogens is 300 g/mol. The predicted octanol–water partition coefficient (Wildman–Crippen LogP) is 1.90. The third-order valence-corrected chi connectivity index (χ3v) is 5.03. The van der Waals surface area contributed by atoms with Gasteiger partial charge in [0.25, 0.3) is 0 Å². The maximum Gasteiger partial charge on any atom is 0.235 e. The Morgan fingerprint density at radius 3 is 2.36 bits per heavy atom. The van der Waals surface area contributed by atoms with Crippen molar-refractivity contribution in [1.82, 2.24) is 4.90 Å². The lowest BCUT2D eigenvalue weighted by Crippen LogP contribution is -2.44. The number of piperidine rings is 1. The van der Waals surface area contributed by atoms with E-state index in [9.17, 15) is 9.59 Å². The number of primary amides is 1. The number of hydrogen-bond donors (Lipinski definition) is 1. The zero-order valence-electron chi connectivity index (χ0n) is 13.0. The van der Waals surface area contributed by atoms with E-state index in [2.05, 4.69) is 0 Å². The fourth-order valence-electron chi connectivity index (χ4n) is 2.55. The van der Waals surface area contributed by atoms with Crippen LogP contribution in [-0.4, -0.2) is 42.2 Å². The molecule has 1 aromatic carbocycles. The number of nitrogens with zero attached hydrogens (tertiary/aromatic N) is 1. The first-order chi connectivity index (χ1) is 10.5. The molecule has 1 saturated heterocycles. The van der Waals surface area contributed by atoms with E-state index in [0.717, 1.165) is 10.6 Å². The molecule has 0 saturated carbocycles. The van der Waals surface area contributed by atoms with Crippen molar-refractivity contribution in [3.8, 4) is 5.75 Å². The number of carbonyl (C=O) groups excluding carboxylic acids is 2. The highest BCUT2D eigenvalue weighted by Crippen LogP contribution is 2.27. The third kappa shape index (κ3) is 4.16. The van der Waals surface area contributed by atoms with E-state index in [0.29, 0.717) is 25.9 Å². The molecule has 1 aliphatic heterocycles. The molecule has 1 aliphatic rings. The molecule has 1 heterocycles. The fourth-order valence-corrected chi connectivity index (χ4v) is 3.50. The summed E-state index contributed by atoms with van der Waals surface area (Å²) in [6.45, 7) is 3.14. The minimum absolute atomic E-state index is 0.0893. The van der Waals surface area contributed by atoms with E-state index in [1.54, 1.807) is 7.11 Å². The number of amides is 2. The standard InChI is InChI=1S/C16H22N2O3S/c1-11(22-14-5-3-13(21-2)4-6-14)16(20)18-9-7-12(8-10-18)15(17)19/h3-6,11-12H,7-10H2,1-2H3,(H2,17,19). The van der Waals surface area contributed by atoms with Gasteiger partial charge in [0.05, 0.1) is 12.4 Å². The number of benzene rings is 1. The Balaban J connectivity index is 1.88. The van der Waals surface area contributed by atoms with Crippen LogP contribution in [0.25, 0.3) is 0 Å². The lowest BCUT2D eigenvalue weighted by Gasteiger charge is -2.32. The third-order valence-electron chi connectivity index (χ3n) is 3.93. The molecule has 0 radical (unpaired) electrons. The Labute approximate surface area is 135 Å². The monoisotopic (exact) mass is 322 g/mol. The van der Waals surface area contributed by atoms with E-state index < -0.39 is 0 Å². The van der Waals surface area contributed by atoms with Crippen molar-refractivity contribution in [2.75, 3.05) is 20.2 Å². The number of thioether (sulfide) groups is 1. The summed E-state index contributed by atoms with van der Waals surface area (Å²) in [6.07, 6.45) is 1.34. The maximum atomic E-state index is 12.5. The van der Waals surface area contributed by atoms with Gasteiger partial charge in [-0.3, -0.25) is 9.59 Å². The summed E-state index contributed by atoms with van der Waals surface area (Å²) in [4.78, 5) is 26.5. The van der Waals surface area contributed by atoms with Crippen molar-refractivity contribution >= 4 is 23.6 Å². The first kappa shape index (κ1) is 16.7. The molecule has 1 fully saturated rings. The highest BCUT2D eigenvalue weighted by Gasteiger charge is 2.28. The highest BCUT2D eigenvalue weighted by atomic mass is 32.2. The van der Waals surface area contributed by atoms with Gasteiger partial charge >= 0.3 is 0 Å². The Kier molecular flexibility index (Phi) is 5.71. The molecule has 0 aliphatic carbocycles. The van der Waals surface area contributed by atoms with Crippen LogP contribution in [0.5, 0.6) is 5.75 Å². The SMILES string of the molecule is COc1ccc(SC(C)C(=O)N2CCC(C(N)=O)CC2)cc1. The van der Waals surface area contributed by atoms with Gasteiger partial charge in [-0.15, -0.1) is 11.8 Å². The summed E-state index contributed by atoms with van der Waals surface area (Å²) in [5.41, 5.74) is 5.32. The zero-order valence-corrected chi connectivity index (χ0v) is 13.8. The van der Waals surface area contributed by atoms with Gasteiger partial charge in [0.1, 0.15) is 5.75 Å². The van der Waals surface area contributed by atoms with Gasteiger partial charge in [-0.2, -0.15) is 0 Å².